The number of nitrogens with zero attached hydrogens (tertiary/aromatic N) is 5. The molecule has 0 aliphatic carbocycles. The number of piperidine rings is 1. The zero-order valence-electron chi connectivity index (χ0n) is 19.0. The molecule has 0 aromatic carbocycles. The van der Waals surface area contributed by atoms with E-state index in [-0.39, 0.29) is 12.1 Å². The molecule has 32 heavy (non-hydrogen) atoms. The van der Waals surface area contributed by atoms with Gasteiger partial charge in [-0.1, -0.05) is 0 Å². The molecule has 1 aliphatic rings. The van der Waals surface area contributed by atoms with Gasteiger partial charge in [-0.25, -0.2) is 14.3 Å². The topological polar surface area (TPSA) is 93.9 Å². The summed E-state index contributed by atoms with van der Waals surface area (Å²) >= 11 is 0. The van der Waals surface area contributed by atoms with E-state index in [4.69, 9.17) is 14.6 Å². The van der Waals surface area contributed by atoms with Gasteiger partial charge in [0.1, 0.15) is 17.2 Å². The Hall–Kier alpha value is -3.36. The van der Waals surface area contributed by atoms with Crippen LogP contribution in [-0.4, -0.2) is 62.4 Å². The number of fused-ring (bicyclic) bond motifs is 1. The number of carbonyl (C=O) groups is 1. The van der Waals surface area contributed by atoms with Crippen LogP contribution in [-0.2, 0) is 4.74 Å². The summed E-state index contributed by atoms with van der Waals surface area (Å²) in [6, 6.07) is 5.75. The van der Waals surface area contributed by atoms with Crippen molar-refractivity contribution in [3.63, 3.8) is 0 Å². The summed E-state index contributed by atoms with van der Waals surface area (Å²) in [4.78, 5) is 23.1. The minimum atomic E-state index is -0.509. The van der Waals surface area contributed by atoms with Gasteiger partial charge in [-0.15, -0.1) is 5.10 Å². The normalized spacial score (nSPS) is 16.8. The minimum absolute atomic E-state index is 0.0543. The van der Waals surface area contributed by atoms with Crippen molar-refractivity contribution in [1.82, 2.24) is 24.5 Å². The number of anilines is 1. The van der Waals surface area contributed by atoms with E-state index in [1.165, 1.54) is 0 Å². The van der Waals surface area contributed by atoms with Crippen molar-refractivity contribution in [3.8, 4) is 17.0 Å². The first-order valence-electron chi connectivity index (χ1n) is 10.9. The maximum atomic E-state index is 12.7. The highest BCUT2D eigenvalue weighted by molar-refractivity contribution is 5.69. The van der Waals surface area contributed by atoms with E-state index >= 15 is 0 Å². The predicted molar refractivity (Wildman–Crippen MR) is 122 cm³/mol. The predicted octanol–water partition coefficient (Wildman–Crippen LogP) is 4.00. The van der Waals surface area contributed by atoms with E-state index in [1.807, 2.05) is 43.9 Å². The third-order valence-corrected chi connectivity index (χ3v) is 5.42. The lowest BCUT2D eigenvalue weighted by Crippen LogP contribution is -2.49. The average Bonchev–Trinajstić information content (AvgIpc) is 3.19. The maximum absolute atomic E-state index is 12.7. The molecule has 1 saturated heterocycles. The molecular weight excluding hydrogens is 408 g/mol. The molecule has 1 N–H and O–H groups in total. The Balaban J connectivity index is 1.52. The largest absolute Gasteiger partial charge is 0.494 e. The molecule has 3 aromatic heterocycles. The van der Waals surface area contributed by atoms with Gasteiger partial charge in [-0.3, -0.25) is 4.98 Å². The molecule has 1 atom stereocenters. The van der Waals surface area contributed by atoms with Crippen LogP contribution in [0.15, 0.2) is 36.8 Å². The van der Waals surface area contributed by atoms with E-state index in [2.05, 4.69) is 15.3 Å². The molecule has 3 aromatic rings. The summed E-state index contributed by atoms with van der Waals surface area (Å²) in [5.41, 5.74) is 1.90. The molecule has 1 fully saturated rings. The molecule has 1 unspecified atom stereocenters. The average molecular weight is 439 g/mol. The first-order valence-corrected chi connectivity index (χ1v) is 10.9. The molecule has 0 saturated carbocycles. The van der Waals surface area contributed by atoms with Gasteiger partial charge < -0.3 is 19.7 Å². The van der Waals surface area contributed by atoms with Gasteiger partial charge in [0.2, 0.25) is 0 Å². The molecule has 1 amide bonds. The van der Waals surface area contributed by atoms with Crippen LogP contribution in [0.3, 0.4) is 0 Å². The lowest BCUT2D eigenvalue weighted by atomic mass is 10.0. The highest BCUT2D eigenvalue weighted by Gasteiger charge is 2.30. The molecule has 0 spiro atoms. The van der Waals surface area contributed by atoms with E-state index < -0.39 is 5.60 Å². The maximum Gasteiger partial charge on any atom is 0.410 e. The first kappa shape index (κ1) is 21.9. The van der Waals surface area contributed by atoms with Gasteiger partial charge in [0.25, 0.3) is 0 Å². The third kappa shape index (κ3) is 4.76. The lowest BCUT2D eigenvalue weighted by Gasteiger charge is -2.36. The van der Waals surface area contributed by atoms with Crippen LogP contribution >= 0.6 is 0 Å². The van der Waals surface area contributed by atoms with Crippen LogP contribution in [0, 0.1) is 0 Å². The monoisotopic (exact) mass is 438 g/mol. The first-order chi connectivity index (χ1) is 15.4. The van der Waals surface area contributed by atoms with Crippen LogP contribution in [0.5, 0.6) is 5.75 Å². The van der Waals surface area contributed by atoms with Crippen molar-refractivity contribution < 1.29 is 14.3 Å². The van der Waals surface area contributed by atoms with E-state index in [9.17, 15) is 4.79 Å². The van der Waals surface area contributed by atoms with Crippen LogP contribution in [0.25, 0.3) is 16.9 Å². The second kappa shape index (κ2) is 9.02. The minimum Gasteiger partial charge on any atom is -0.494 e. The molecule has 0 radical (unpaired) electrons. The molecule has 1 aliphatic heterocycles. The number of rotatable bonds is 5. The fourth-order valence-corrected chi connectivity index (χ4v) is 3.90. The quantitative estimate of drug-likeness (QED) is 0.643. The summed E-state index contributed by atoms with van der Waals surface area (Å²) in [7, 11) is 1.62. The molecule has 4 heterocycles. The molecule has 9 heteroatoms. The van der Waals surface area contributed by atoms with Gasteiger partial charge in [0.05, 0.1) is 31.2 Å². The van der Waals surface area contributed by atoms with Crippen LogP contribution in [0.1, 0.15) is 40.0 Å². The van der Waals surface area contributed by atoms with Crippen molar-refractivity contribution in [3.05, 3.63) is 36.8 Å². The highest BCUT2D eigenvalue weighted by atomic mass is 16.6. The second-order valence-electron chi connectivity index (χ2n) is 8.91. The fraction of sp³-hybridized carbons (Fsp3) is 0.478. The molecule has 4 rings (SSSR count). The summed E-state index contributed by atoms with van der Waals surface area (Å²) in [6.07, 6.45) is 7.92. The number of ether oxygens (including phenoxy) is 2. The smallest absolute Gasteiger partial charge is 0.410 e. The van der Waals surface area contributed by atoms with Crippen molar-refractivity contribution in [2.45, 2.75) is 51.7 Å². The number of hydrogen-bond acceptors (Lipinski definition) is 7. The van der Waals surface area contributed by atoms with Crippen molar-refractivity contribution in [2.24, 2.45) is 0 Å². The zero-order chi connectivity index (χ0) is 22.7. The lowest BCUT2D eigenvalue weighted by molar-refractivity contribution is 0.0114. The Kier molecular flexibility index (Phi) is 6.16. The second-order valence-corrected chi connectivity index (χ2v) is 8.91. The number of methoxy groups -OCH3 is 1. The van der Waals surface area contributed by atoms with Crippen molar-refractivity contribution in [1.29, 1.82) is 0 Å². The van der Waals surface area contributed by atoms with Crippen molar-refractivity contribution >= 4 is 17.6 Å². The van der Waals surface area contributed by atoms with Crippen LogP contribution in [0.4, 0.5) is 10.6 Å². The SMILES string of the molecule is COc1cnccc1-c1cnc2ccc(NCC3CCCCN3C(=O)OC(C)(C)C)nn12. The fourth-order valence-electron chi connectivity index (χ4n) is 3.90. The zero-order valence-corrected chi connectivity index (χ0v) is 19.0. The summed E-state index contributed by atoms with van der Waals surface area (Å²) in [5, 5.41) is 8.13. The van der Waals surface area contributed by atoms with Gasteiger partial charge in [0, 0.05) is 24.8 Å². The van der Waals surface area contributed by atoms with E-state index in [0.717, 1.165) is 36.2 Å². The number of hydrogen-bond donors (Lipinski definition) is 1. The number of nitrogens with one attached hydrogen (secondary N) is 1. The Labute approximate surface area is 187 Å². The van der Waals surface area contributed by atoms with E-state index in [1.54, 1.807) is 30.2 Å². The number of aromatic nitrogens is 4. The molecule has 170 valence electrons. The van der Waals surface area contributed by atoms with Gasteiger partial charge in [-0.2, -0.15) is 0 Å². The van der Waals surface area contributed by atoms with Crippen LogP contribution < -0.4 is 10.1 Å². The Morgan fingerprint density at radius 2 is 2.06 bits per heavy atom. The van der Waals surface area contributed by atoms with Gasteiger partial charge in [-0.05, 0) is 58.2 Å². The van der Waals surface area contributed by atoms with Crippen molar-refractivity contribution in [2.75, 3.05) is 25.5 Å². The number of pyridine rings is 1. The summed E-state index contributed by atoms with van der Waals surface area (Å²) in [6.45, 7) is 6.98. The van der Waals surface area contributed by atoms with Gasteiger partial charge in [0.15, 0.2) is 5.65 Å². The number of amides is 1. The Morgan fingerprint density at radius 1 is 1.22 bits per heavy atom. The highest BCUT2D eigenvalue weighted by Crippen LogP contribution is 2.29. The molecule has 9 nitrogen and oxygen atoms in total. The third-order valence-electron chi connectivity index (χ3n) is 5.42. The van der Waals surface area contributed by atoms with Crippen LogP contribution in [0.2, 0.25) is 0 Å². The number of carbonyl (C=O) groups excluding carboxylic acids is 1. The Bertz CT molecular complexity index is 1090. The standard InChI is InChI=1S/C23H30N6O3/c1-23(2,3)32-22(30)28-12-6-5-7-16(28)13-25-20-8-9-21-26-14-18(29(21)27-20)17-10-11-24-15-19(17)31-4/h8-11,14-16H,5-7,12-13H2,1-4H3,(H,25,27). The van der Waals surface area contributed by atoms with Gasteiger partial charge >= 0.3 is 6.09 Å². The summed E-state index contributed by atoms with van der Waals surface area (Å²) in [5.74, 6) is 1.36. The number of imidazole rings is 1. The summed E-state index contributed by atoms with van der Waals surface area (Å²) < 4.78 is 12.8. The molecular formula is C23H30N6O3. The molecule has 0 bridgehead atoms. The Morgan fingerprint density at radius 3 is 2.84 bits per heavy atom. The van der Waals surface area contributed by atoms with E-state index in [0.29, 0.717) is 24.7 Å². The number of likely N-dealkylation sites (tertiary alicyclic amines) is 1.